The number of nitrogens with zero attached hydrogens (tertiary/aromatic N) is 1. The van der Waals surface area contributed by atoms with Gasteiger partial charge in [0.25, 0.3) is 0 Å². The van der Waals surface area contributed by atoms with Gasteiger partial charge in [-0.1, -0.05) is 20.3 Å². The van der Waals surface area contributed by atoms with E-state index in [4.69, 9.17) is 5.73 Å². The molecule has 1 unspecified atom stereocenters. The molecule has 0 saturated carbocycles. The minimum absolute atomic E-state index is 0.102. The minimum Gasteiger partial charge on any atom is -0.331 e. The molecule has 4 heteroatoms. The molecule has 1 aliphatic heterocycles. The third-order valence-electron chi connectivity index (χ3n) is 3.21. The van der Waals surface area contributed by atoms with Crippen molar-refractivity contribution >= 4 is 12.2 Å². The molecule has 0 aromatic heterocycles. The Morgan fingerprint density at radius 1 is 1.67 bits per heavy atom. The molecule has 1 fully saturated rings. The van der Waals surface area contributed by atoms with E-state index >= 15 is 0 Å². The van der Waals surface area contributed by atoms with Crippen LogP contribution in [0.5, 0.6) is 0 Å². The zero-order chi connectivity index (χ0) is 11.4. The van der Waals surface area contributed by atoms with E-state index in [1.165, 1.54) is 0 Å². The van der Waals surface area contributed by atoms with Crippen LogP contribution in [0.3, 0.4) is 0 Å². The predicted molar refractivity (Wildman–Crippen MR) is 57.9 cm³/mol. The Morgan fingerprint density at radius 2 is 2.33 bits per heavy atom. The molecule has 0 aromatic rings. The van der Waals surface area contributed by atoms with Gasteiger partial charge in [0.1, 0.15) is 0 Å². The van der Waals surface area contributed by atoms with Crippen LogP contribution >= 0.6 is 0 Å². The first-order valence-corrected chi connectivity index (χ1v) is 5.55. The van der Waals surface area contributed by atoms with E-state index in [-0.39, 0.29) is 17.9 Å². The third-order valence-corrected chi connectivity index (χ3v) is 3.21. The van der Waals surface area contributed by atoms with Crippen molar-refractivity contribution in [1.82, 2.24) is 4.90 Å². The van der Waals surface area contributed by atoms with Crippen molar-refractivity contribution in [2.24, 2.45) is 11.7 Å². The van der Waals surface area contributed by atoms with Gasteiger partial charge in [0.05, 0.1) is 12.1 Å². The average Bonchev–Trinajstić information content (AvgIpc) is 2.73. The number of carbonyl (C=O) groups excluding carboxylic acids is 2. The first kappa shape index (κ1) is 12.2. The summed E-state index contributed by atoms with van der Waals surface area (Å²) in [6, 6.07) is -0.850. The molecule has 2 N–H and O–H groups in total. The second-order valence-corrected chi connectivity index (χ2v) is 4.22. The molecule has 0 aliphatic carbocycles. The van der Waals surface area contributed by atoms with Crippen LogP contribution in [0.15, 0.2) is 0 Å². The quantitative estimate of drug-likeness (QED) is 0.734. The largest absolute Gasteiger partial charge is 0.331 e. The smallest absolute Gasteiger partial charge is 0.240 e. The van der Waals surface area contributed by atoms with Gasteiger partial charge in [-0.15, -0.1) is 0 Å². The summed E-state index contributed by atoms with van der Waals surface area (Å²) < 4.78 is 0. The lowest BCUT2D eigenvalue weighted by Gasteiger charge is -2.26. The first-order chi connectivity index (χ1) is 7.11. The van der Waals surface area contributed by atoms with E-state index in [1.807, 2.05) is 20.1 Å². The van der Waals surface area contributed by atoms with Crippen molar-refractivity contribution in [3.63, 3.8) is 0 Å². The highest BCUT2D eigenvalue weighted by Gasteiger charge is 2.33. The molecule has 1 aliphatic rings. The zero-order valence-electron chi connectivity index (χ0n) is 9.40. The second kappa shape index (κ2) is 5.26. The molecule has 3 atom stereocenters. The van der Waals surface area contributed by atoms with E-state index in [1.54, 1.807) is 4.90 Å². The highest BCUT2D eigenvalue weighted by molar-refractivity contribution is 5.85. The molecule has 1 rings (SSSR count). The van der Waals surface area contributed by atoms with Gasteiger partial charge in [0, 0.05) is 6.54 Å². The van der Waals surface area contributed by atoms with Gasteiger partial charge in [-0.3, -0.25) is 9.59 Å². The lowest BCUT2D eigenvalue weighted by atomic mass is 9.99. The lowest BCUT2D eigenvalue weighted by Crippen LogP contribution is -2.49. The van der Waals surface area contributed by atoms with Crippen molar-refractivity contribution < 1.29 is 9.59 Å². The van der Waals surface area contributed by atoms with Crippen molar-refractivity contribution in [1.29, 1.82) is 0 Å². The first-order valence-electron chi connectivity index (χ1n) is 5.55. The van der Waals surface area contributed by atoms with Gasteiger partial charge in [-0.2, -0.15) is 0 Å². The maximum atomic E-state index is 11.9. The molecule has 1 amide bonds. The van der Waals surface area contributed by atoms with E-state index in [0.29, 0.717) is 6.54 Å². The Hall–Kier alpha value is -0.900. The monoisotopic (exact) mass is 211 g/mol. The Kier molecular flexibility index (Phi) is 4.27. The number of rotatable bonds is 4. The summed E-state index contributed by atoms with van der Waals surface area (Å²) in [5.74, 6) is 0.0561. The van der Waals surface area contributed by atoms with E-state index in [9.17, 15) is 9.59 Å². The van der Waals surface area contributed by atoms with Crippen LogP contribution in [0, 0.1) is 5.92 Å². The van der Waals surface area contributed by atoms with Crippen LogP contribution in [0.4, 0.5) is 0 Å². The Morgan fingerprint density at radius 3 is 2.87 bits per heavy atom. The molecular weight excluding hydrogens is 192 g/mol. The van der Waals surface area contributed by atoms with Crippen molar-refractivity contribution in [3.8, 4) is 0 Å². The standard InChI is InChI=1S/C11H19N2O2/c1-3-8(2)10(12)11(15)13-6-4-5-9(13)7-14/h8-10H,3-6,12H2,1-2H3/t8?,9-,10-/m0/s1. The van der Waals surface area contributed by atoms with Gasteiger partial charge in [0.15, 0.2) is 0 Å². The number of amides is 1. The summed E-state index contributed by atoms with van der Waals surface area (Å²) in [4.78, 5) is 24.1. The Labute approximate surface area is 90.8 Å². The minimum atomic E-state index is -0.482. The molecule has 85 valence electrons. The lowest BCUT2D eigenvalue weighted by molar-refractivity contribution is -0.133. The number of hydrogen-bond donors (Lipinski definition) is 1. The topological polar surface area (TPSA) is 63.4 Å². The second-order valence-electron chi connectivity index (χ2n) is 4.22. The molecular formula is C11H19N2O2. The summed E-state index contributed by atoms with van der Waals surface area (Å²) in [7, 11) is 0. The summed E-state index contributed by atoms with van der Waals surface area (Å²) >= 11 is 0. The Bertz CT molecular complexity index is 243. The van der Waals surface area contributed by atoms with Crippen LogP contribution in [-0.2, 0) is 9.59 Å². The molecule has 0 aromatic carbocycles. The van der Waals surface area contributed by atoms with E-state index in [0.717, 1.165) is 19.3 Å². The molecule has 0 bridgehead atoms. The van der Waals surface area contributed by atoms with Crippen molar-refractivity contribution in [2.45, 2.75) is 45.2 Å². The number of hydrogen-bond acceptors (Lipinski definition) is 3. The summed E-state index contributed by atoms with van der Waals surface area (Å²) in [6.45, 7) is 4.60. The SMILES string of the molecule is CCC(C)[C@H](N)C(=O)N1CCC[C@H]1[C]=O. The Balaban J connectivity index is 2.63. The third kappa shape index (κ3) is 2.56. The molecule has 4 nitrogen and oxygen atoms in total. The van der Waals surface area contributed by atoms with Crippen molar-refractivity contribution in [3.05, 3.63) is 0 Å². The van der Waals surface area contributed by atoms with Gasteiger partial charge < -0.3 is 10.6 Å². The van der Waals surface area contributed by atoms with Crippen LogP contribution < -0.4 is 5.73 Å². The van der Waals surface area contributed by atoms with Gasteiger partial charge >= 0.3 is 0 Å². The van der Waals surface area contributed by atoms with E-state index < -0.39 is 6.04 Å². The highest BCUT2D eigenvalue weighted by atomic mass is 16.2. The summed E-state index contributed by atoms with van der Waals surface area (Å²) in [6.07, 6.45) is 4.38. The summed E-state index contributed by atoms with van der Waals surface area (Å²) in [5, 5.41) is 0. The zero-order valence-corrected chi connectivity index (χ0v) is 9.40. The van der Waals surface area contributed by atoms with Gasteiger partial charge in [-0.05, 0) is 18.8 Å². The molecule has 0 spiro atoms. The van der Waals surface area contributed by atoms with Gasteiger partial charge in [0.2, 0.25) is 12.2 Å². The average molecular weight is 211 g/mol. The van der Waals surface area contributed by atoms with Crippen molar-refractivity contribution in [2.75, 3.05) is 6.54 Å². The molecule has 1 heterocycles. The fourth-order valence-electron chi connectivity index (χ4n) is 1.84. The molecule has 1 saturated heterocycles. The molecule has 15 heavy (non-hydrogen) atoms. The van der Waals surface area contributed by atoms with Crippen LogP contribution in [0.1, 0.15) is 33.1 Å². The van der Waals surface area contributed by atoms with Gasteiger partial charge in [-0.25, -0.2) is 0 Å². The van der Waals surface area contributed by atoms with Crippen LogP contribution in [-0.4, -0.2) is 35.7 Å². The fourth-order valence-corrected chi connectivity index (χ4v) is 1.84. The van der Waals surface area contributed by atoms with E-state index in [2.05, 4.69) is 0 Å². The number of carbonyl (C=O) groups is 1. The maximum Gasteiger partial charge on any atom is 0.240 e. The normalized spacial score (nSPS) is 25.0. The number of nitrogens with two attached hydrogens (primary N) is 1. The van der Waals surface area contributed by atoms with Crippen LogP contribution in [0.2, 0.25) is 0 Å². The maximum absolute atomic E-state index is 11.9. The predicted octanol–water partition coefficient (Wildman–Crippen LogP) is 0.460. The van der Waals surface area contributed by atoms with Crippen LogP contribution in [0.25, 0.3) is 0 Å². The number of likely N-dealkylation sites (tertiary alicyclic amines) is 1. The highest BCUT2D eigenvalue weighted by Crippen LogP contribution is 2.18. The molecule has 1 radical (unpaired) electrons. The summed E-state index contributed by atoms with van der Waals surface area (Å²) in [5.41, 5.74) is 5.85. The fraction of sp³-hybridized carbons (Fsp3) is 0.818.